The Hall–Kier alpha value is -2.47. The van der Waals surface area contributed by atoms with Crippen LogP contribution in [0.2, 0.25) is 0 Å². The lowest BCUT2D eigenvalue weighted by Crippen LogP contribution is -2.40. The summed E-state index contributed by atoms with van der Waals surface area (Å²) in [7, 11) is 2.11. The van der Waals surface area contributed by atoms with Crippen LogP contribution in [0.4, 0.5) is 5.69 Å². The molecule has 31 heavy (non-hydrogen) atoms. The number of anilines is 1. The molecule has 0 radical (unpaired) electrons. The standard InChI is InChI=1S/C25H36N4O2/c1-28(19-21-7-9-23(10-8-21)29-14-3-2-4-15-29)25(27-18-22-12-17-30-20-22)26-13-11-24-6-5-16-31-24/h5-10,16,22H,2-4,11-15,17-20H2,1H3,(H,26,27). The molecular formula is C25H36N4O2. The number of hydrogen-bond donors (Lipinski definition) is 1. The van der Waals surface area contributed by atoms with Crippen molar-refractivity contribution >= 4 is 11.6 Å². The lowest BCUT2D eigenvalue weighted by atomic mass is 10.1. The highest BCUT2D eigenvalue weighted by molar-refractivity contribution is 5.79. The third-order valence-corrected chi connectivity index (χ3v) is 6.20. The topological polar surface area (TPSA) is 53.2 Å². The molecule has 0 saturated carbocycles. The monoisotopic (exact) mass is 424 g/mol. The Morgan fingerprint density at radius 2 is 2.00 bits per heavy atom. The molecule has 4 rings (SSSR count). The third-order valence-electron chi connectivity index (χ3n) is 6.20. The van der Waals surface area contributed by atoms with Crippen molar-refractivity contribution < 1.29 is 9.15 Å². The van der Waals surface area contributed by atoms with E-state index in [1.54, 1.807) is 6.26 Å². The van der Waals surface area contributed by atoms with Gasteiger partial charge in [-0.2, -0.15) is 0 Å². The van der Waals surface area contributed by atoms with E-state index in [-0.39, 0.29) is 0 Å². The summed E-state index contributed by atoms with van der Waals surface area (Å²) in [5.41, 5.74) is 2.64. The van der Waals surface area contributed by atoms with Gasteiger partial charge in [-0.1, -0.05) is 12.1 Å². The van der Waals surface area contributed by atoms with Gasteiger partial charge in [0.05, 0.1) is 12.9 Å². The Balaban J connectivity index is 1.35. The van der Waals surface area contributed by atoms with Gasteiger partial charge in [-0.3, -0.25) is 4.99 Å². The summed E-state index contributed by atoms with van der Waals surface area (Å²) in [6.45, 7) is 6.48. The fourth-order valence-electron chi connectivity index (χ4n) is 4.32. The SMILES string of the molecule is CN(Cc1ccc(N2CCCCC2)cc1)C(=NCC1CCOC1)NCCc1ccco1. The van der Waals surface area contributed by atoms with E-state index in [9.17, 15) is 0 Å². The molecule has 1 unspecified atom stereocenters. The van der Waals surface area contributed by atoms with Gasteiger partial charge in [0, 0.05) is 64.4 Å². The van der Waals surface area contributed by atoms with Crippen LogP contribution in [-0.2, 0) is 17.7 Å². The van der Waals surface area contributed by atoms with Gasteiger partial charge in [-0.05, 0) is 55.5 Å². The molecule has 1 aromatic heterocycles. The number of guanidine groups is 1. The molecule has 168 valence electrons. The van der Waals surface area contributed by atoms with Gasteiger partial charge in [0.25, 0.3) is 0 Å². The Morgan fingerprint density at radius 1 is 1.16 bits per heavy atom. The van der Waals surface area contributed by atoms with E-state index in [1.807, 2.05) is 12.1 Å². The molecular weight excluding hydrogens is 388 g/mol. The van der Waals surface area contributed by atoms with Crippen molar-refractivity contribution in [2.24, 2.45) is 10.9 Å². The van der Waals surface area contributed by atoms with Crippen LogP contribution in [0.5, 0.6) is 0 Å². The molecule has 1 N–H and O–H groups in total. The summed E-state index contributed by atoms with van der Waals surface area (Å²) in [4.78, 5) is 9.64. The minimum atomic E-state index is 0.527. The molecule has 1 atom stereocenters. The van der Waals surface area contributed by atoms with Gasteiger partial charge in [0.1, 0.15) is 5.76 Å². The average Bonchev–Trinajstić information content (AvgIpc) is 3.51. The number of nitrogens with one attached hydrogen (secondary N) is 1. The summed E-state index contributed by atoms with van der Waals surface area (Å²) < 4.78 is 11.0. The smallest absolute Gasteiger partial charge is 0.193 e. The maximum absolute atomic E-state index is 5.52. The Morgan fingerprint density at radius 3 is 2.71 bits per heavy atom. The van der Waals surface area contributed by atoms with Crippen LogP contribution in [-0.4, -0.2) is 57.3 Å². The van der Waals surface area contributed by atoms with Gasteiger partial charge in [-0.25, -0.2) is 0 Å². The number of hydrogen-bond acceptors (Lipinski definition) is 4. The molecule has 2 aliphatic heterocycles. The third kappa shape index (κ3) is 6.50. The first-order valence-electron chi connectivity index (χ1n) is 11.7. The average molecular weight is 425 g/mol. The van der Waals surface area contributed by atoms with Crippen molar-refractivity contribution in [1.82, 2.24) is 10.2 Å². The van der Waals surface area contributed by atoms with E-state index in [1.165, 1.54) is 43.6 Å². The minimum Gasteiger partial charge on any atom is -0.469 e. The second kappa shape index (κ2) is 11.2. The van der Waals surface area contributed by atoms with Crippen LogP contribution in [0, 0.1) is 5.92 Å². The van der Waals surface area contributed by atoms with E-state index in [2.05, 4.69) is 46.4 Å². The van der Waals surface area contributed by atoms with Crippen LogP contribution in [0.1, 0.15) is 37.0 Å². The maximum Gasteiger partial charge on any atom is 0.193 e. The molecule has 0 bridgehead atoms. The van der Waals surface area contributed by atoms with E-state index >= 15 is 0 Å². The minimum absolute atomic E-state index is 0.527. The summed E-state index contributed by atoms with van der Waals surface area (Å²) in [6.07, 6.45) is 7.65. The highest BCUT2D eigenvalue weighted by Crippen LogP contribution is 2.20. The number of piperidine rings is 1. The van der Waals surface area contributed by atoms with Crippen LogP contribution in [0.25, 0.3) is 0 Å². The van der Waals surface area contributed by atoms with E-state index < -0.39 is 0 Å². The first kappa shape index (κ1) is 21.8. The van der Waals surface area contributed by atoms with Crippen LogP contribution in [0.3, 0.4) is 0 Å². The summed E-state index contributed by atoms with van der Waals surface area (Å²) in [5.74, 6) is 2.46. The van der Waals surface area contributed by atoms with Crippen molar-refractivity contribution in [2.45, 2.75) is 38.6 Å². The molecule has 0 amide bonds. The quantitative estimate of drug-likeness (QED) is 0.514. The molecule has 1 aromatic carbocycles. The lowest BCUT2D eigenvalue weighted by molar-refractivity contribution is 0.187. The number of furan rings is 1. The largest absolute Gasteiger partial charge is 0.469 e. The first-order valence-corrected chi connectivity index (χ1v) is 11.7. The van der Waals surface area contributed by atoms with E-state index in [0.29, 0.717) is 5.92 Å². The summed E-state index contributed by atoms with van der Waals surface area (Å²) in [5, 5.41) is 3.53. The van der Waals surface area contributed by atoms with Gasteiger partial charge >= 0.3 is 0 Å². The first-order chi connectivity index (χ1) is 15.3. The molecule has 2 saturated heterocycles. The number of nitrogens with zero attached hydrogens (tertiary/aromatic N) is 3. The molecule has 0 spiro atoms. The highest BCUT2D eigenvalue weighted by Gasteiger charge is 2.16. The summed E-state index contributed by atoms with van der Waals surface area (Å²) >= 11 is 0. The number of rotatable bonds is 8. The van der Waals surface area contributed by atoms with E-state index in [0.717, 1.165) is 57.4 Å². The van der Waals surface area contributed by atoms with Crippen molar-refractivity contribution in [1.29, 1.82) is 0 Å². The predicted octanol–water partition coefficient (Wildman–Crippen LogP) is 3.93. The van der Waals surface area contributed by atoms with Crippen molar-refractivity contribution in [3.05, 3.63) is 54.0 Å². The molecule has 2 aromatic rings. The Kier molecular flexibility index (Phi) is 7.88. The van der Waals surface area contributed by atoms with Gasteiger partial charge < -0.3 is 24.3 Å². The van der Waals surface area contributed by atoms with E-state index in [4.69, 9.17) is 14.1 Å². The fraction of sp³-hybridized carbons (Fsp3) is 0.560. The van der Waals surface area contributed by atoms with Crippen LogP contribution in [0.15, 0.2) is 52.1 Å². The van der Waals surface area contributed by atoms with Crippen molar-refractivity contribution in [3.8, 4) is 0 Å². The molecule has 2 fully saturated rings. The highest BCUT2D eigenvalue weighted by atomic mass is 16.5. The summed E-state index contributed by atoms with van der Waals surface area (Å²) in [6, 6.07) is 13.0. The zero-order valence-corrected chi connectivity index (χ0v) is 18.8. The Bertz CT molecular complexity index is 791. The van der Waals surface area contributed by atoms with Crippen LogP contribution >= 0.6 is 0 Å². The second-order valence-corrected chi connectivity index (χ2v) is 8.72. The maximum atomic E-state index is 5.52. The number of benzene rings is 1. The second-order valence-electron chi connectivity index (χ2n) is 8.72. The van der Waals surface area contributed by atoms with Crippen molar-refractivity contribution in [2.75, 3.05) is 51.3 Å². The van der Waals surface area contributed by atoms with Crippen molar-refractivity contribution in [3.63, 3.8) is 0 Å². The van der Waals surface area contributed by atoms with Gasteiger partial charge in [-0.15, -0.1) is 0 Å². The number of aliphatic imine (C=N–C) groups is 1. The fourth-order valence-corrected chi connectivity index (χ4v) is 4.32. The van der Waals surface area contributed by atoms with Gasteiger partial charge in [0.15, 0.2) is 5.96 Å². The normalized spacial score (nSPS) is 19.6. The zero-order valence-electron chi connectivity index (χ0n) is 18.8. The molecule has 2 aliphatic rings. The molecule has 6 heteroatoms. The molecule has 6 nitrogen and oxygen atoms in total. The Labute approximate surface area is 186 Å². The van der Waals surface area contributed by atoms with Gasteiger partial charge in [0.2, 0.25) is 0 Å². The zero-order chi connectivity index (χ0) is 21.3. The number of ether oxygens (including phenoxy) is 1. The molecule has 0 aliphatic carbocycles. The molecule has 3 heterocycles. The van der Waals surface area contributed by atoms with Crippen LogP contribution < -0.4 is 10.2 Å². The lowest BCUT2D eigenvalue weighted by Gasteiger charge is -2.29. The predicted molar refractivity (Wildman–Crippen MR) is 126 cm³/mol.